The molecule has 0 saturated carbocycles. The third-order valence-corrected chi connectivity index (χ3v) is 16.9. The Morgan fingerprint density at radius 1 is 0.244 bits per heavy atom. The zero-order valence-electron chi connectivity index (χ0n) is 55.5. The molecule has 0 aromatic heterocycles. The second-order valence-corrected chi connectivity index (χ2v) is 25.2. The monoisotopic (exact) mass is 1150 g/mol. The predicted molar refractivity (Wildman–Crippen MR) is 358 cm³/mol. The number of allylic oxidation sites excluding steroid dienone is 6. The largest absolute Gasteiger partial charge is 0.462 e. The maximum atomic E-state index is 13.0. The second-order valence-electron chi connectivity index (χ2n) is 25.2. The fourth-order valence-electron chi connectivity index (χ4n) is 11.3. The summed E-state index contributed by atoms with van der Waals surface area (Å²) in [5, 5.41) is 0. The molecule has 0 aromatic rings. The molecule has 0 fully saturated rings. The van der Waals surface area contributed by atoms with E-state index in [2.05, 4.69) is 57.2 Å². The van der Waals surface area contributed by atoms with Crippen LogP contribution in [0.5, 0.6) is 0 Å². The molecule has 0 aromatic carbocycles. The number of ether oxygens (including phenoxy) is 3. The van der Waals surface area contributed by atoms with Gasteiger partial charge in [0.15, 0.2) is 6.10 Å². The molecule has 1 unspecified atom stereocenters. The maximum absolute atomic E-state index is 13.0. The van der Waals surface area contributed by atoms with Gasteiger partial charge in [0.1, 0.15) is 13.2 Å². The highest BCUT2D eigenvalue weighted by Crippen LogP contribution is 2.19. The average molecular weight is 1150 g/mol. The first-order valence-corrected chi connectivity index (χ1v) is 37.0. The van der Waals surface area contributed by atoms with E-state index in [4.69, 9.17) is 14.2 Å². The Balaban J connectivity index is 4.17. The smallest absolute Gasteiger partial charge is 0.306 e. The van der Waals surface area contributed by atoms with Gasteiger partial charge < -0.3 is 14.2 Å². The van der Waals surface area contributed by atoms with Crippen LogP contribution in [0.4, 0.5) is 0 Å². The van der Waals surface area contributed by atoms with E-state index in [1.54, 1.807) is 0 Å². The summed E-state index contributed by atoms with van der Waals surface area (Å²) in [5.41, 5.74) is 0. The molecule has 6 heteroatoms. The summed E-state index contributed by atoms with van der Waals surface area (Å²) in [7, 11) is 0. The molecule has 0 saturated heterocycles. The molecular weight excluding hydrogens is 1010 g/mol. The van der Waals surface area contributed by atoms with Crippen LogP contribution in [0.25, 0.3) is 0 Å². The van der Waals surface area contributed by atoms with Crippen molar-refractivity contribution in [3.8, 4) is 0 Å². The van der Waals surface area contributed by atoms with Gasteiger partial charge in [-0.15, -0.1) is 0 Å². The van der Waals surface area contributed by atoms with Gasteiger partial charge in [0.05, 0.1) is 0 Å². The lowest BCUT2D eigenvalue weighted by molar-refractivity contribution is -0.167. The summed E-state index contributed by atoms with van der Waals surface area (Å²) in [6, 6.07) is 0. The Kier molecular flexibility index (Phi) is 69.1. The third kappa shape index (κ3) is 68.4. The van der Waals surface area contributed by atoms with Gasteiger partial charge in [-0.3, -0.25) is 14.4 Å². The quantitative estimate of drug-likeness (QED) is 0.0261. The molecule has 0 aliphatic carbocycles. The Labute approximate surface area is 512 Å². The summed E-state index contributed by atoms with van der Waals surface area (Å²) >= 11 is 0. The van der Waals surface area contributed by atoms with E-state index >= 15 is 0 Å². The molecule has 0 N–H and O–H groups in total. The van der Waals surface area contributed by atoms with Crippen LogP contribution in [0.1, 0.15) is 412 Å². The lowest BCUT2D eigenvalue weighted by Gasteiger charge is -2.18. The van der Waals surface area contributed by atoms with E-state index in [-0.39, 0.29) is 31.1 Å². The van der Waals surface area contributed by atoms with Gasteiger partial charge in [-0.1, -0.05) is 353 Å². The Hall–Kier alpha value is -2.37. The highest BCUT2D eigenvalue weighted by molar-refractivity contribution is 5.71. The van der Waals surface area contributed by atoms with Crippen molar-refractivity contribution >= 4 is 17.9 Å². The molecule has 482 valence electrons. The first-order valence-electron chi connectivity index (χ1n) is 37.0. The zero-order chi connectivity index (χ0) is 59.2. The SMILES string of the molecule is CCCCCCC/C=C\C/C=C\CCCCCCCCCCCCCCCCCCCCCC(=O)OCC(COC(=O)CCCCCCCCCCCCCCCC)OC(=O)CCCCCCCCCCC/C=C\CCCCCCCC. The predicted octanol–water partition coefficient (Wildman–Crippen LogP) is 25.5. The fourth-order valence-corrected chi connectivity index (χ4v) is 11.3. The Morgan fingerprint density at radius 2 is 0.439 bits per heavy atom. The van der Waals surface area contributed by atoms with Gasteiger partial charge in [-0.2, -0.15) is 0 Å². The van der Waals surface area contributed by atoms with Gasteiger partial charge in [-0.25, -0.2) is 0 Å². The van der Waals surface area contributed by atoms with Crippen molar-refractivity contribution in [2.45, 2.75) is 419 Å². The normalized spacial score (nSPS) is 12.2. The summed E-state index contributed by atoms with van der Waals surface area (Å²) in [5.74, 6) is -0.836. The van der Waals surface area contributed by atoms with E-state index in [0.717, 1.165) is 64.2 Å². The van der Waals surface area contributed by atoms with Crippen molar-refractivity contribution in [3.05, 3.63) is 36.5 Å². The van der Waals surface area contributed by atoms with Crippen molar-refractivity contribution in [2.75, 3.05) is 13.2 Å². The number of unbranched alkanes of at least 4 members (excludes halogenated alkanes) is 52. The molecule has 6 nitrogen and oxygen atoms in total. The van der Waals surface area contributed by atoms with Crippen molar-refractivity contribution in [3.63, 3.8) is 0 Å². The van der Waals surface area contributed by atoms with E-state index in [1.807, 2.05) is 0 Å². The maximum Gasteiger partial charge on any atom is 0.306 e. The van der Waals surface area contributed by atoms with Crippen molar-refractivity contribution < 1.29 is 28.6 Å². The number of carbonyl (C=O) groups excluding carboxylic acids is 3. The summed E-state index contributed by atoms with van der Waals surface area (Å²) in [4.78, 5) is 38.5. The van der Waals surface area contributed by atoms with Crippen LogP contribution < -0.4 is 0 Å². The van der Waals surface area contributed by atoms with Crippen LogP contribution in [0.2, 0.25) is 0 Å². The molecule has 0 heterocycles. The molecule has 1 atom stereocenters. The minimum atomic E-state index is -0.770. The summed E-state index contributed by atoms with van der Waals surface area (Å²) in [6.07, 6.45) is 89.0. The molecule has 0 aliphatic rings. The molecule has 0 rings (SSSR count). The number of hydrogen-bond acceptors (Lipinski definition) is 6. The minimum Gasteiger partial charge on any atom is -0.462 e. The van der Waals surface area contributed by atoms with E-state index < -0.39 is 6.10 Å². The Morgan fingerprint density at radius 3 is 0.683 bits per heavy atom. The molecule has 0 aliphatic heterocycles. The number of esters is 3. The second kappa shape index (κ2) is 71.1. The highest BCUT2D eigenvalue weighted by Gasteiger charge is 2.20. The van der Waals surface area contributed by atoms with Gasteiger partial charge in [0.2, 0.25) is 0 Å². The molecule has 0 spiro atoms. The third-order valence-electron chi connectivity index (χ3n) is 16.9. The van der Waals surface area contributed by atoms with Gasteiger partial charge in [0, 0.05) is 19.3 Å². The van der Waals surface area contributed by atoms with Crippen LogP contribution in [0.15, 0.2) is 36.5 Å². The first kappa shape index (κ1) is 79.6. The Bertz CT molecular complexity index is 1370. The lowest BCUT2D eigenvalue weighted by atomic mass is 10.0. The van der Waals surface area contributed by atoms with E-state index in [1.165, 1.54) is 308 Å². The highest BCUT2D eigenvalue weighted by atomic mass is 16.6. The van der Waals surface area contributed by atoms with Crippen LogP contribution in [0.3, 0.4) is 0 Å². The number of hydrogen-bond donors (Lipinski definition) is 0. The number of rotatable bonds is 69. The lowest BCUT2D eigenvalue weighted by Crippen LogP contribution is -2.30. The van der Waals surface area contributed by atoms with Crippen LogP contribution in [-0.4, -0.2) is 37.2 Å². The molecule has 0 radical (unpaired) electrons. The van der Waals surface area contributed by atoms with Crippen LogP contribution in [0, 0.1) is 0 Å². The van der Waals surface area contributed by atoms with Crippen molar-refractivity contribution in [1.82, 2.24) is 0 Å². The first-order chi connectivity index (χ1) is 40.5. The van der Waals surface area contributed by atoms with Crippen molar-refractivity contribution in [1.29, 1.82) is 0 Å². The minimum absolute atomic E-state index is 0.0663. The average Bonchev–Trinajstić information content (AvgIpc) is 3.47. The van der Waals surface area contributed by atoms with Gasteiger partial charge in [-0.05, 0) is 77.0 Å². The fraction of sp³-hybridized carbons (Fsp3) is 0.882. The standard InChI is InChI=1S/C76H142O6/c1-4-7-10-13-16-19-22-25-28-30-32-33-34-35-36-37-38-39-40-41-42-43-45-46-48-51-54-57-60-63-66-69-75(78)81-72-73(71-80-74(77)68-65-62-59-56-53-50-27-24-21-18-15-12-9-6-3)82-76(79)70-67-64-61-58-55-52-49-47-44-31-29-26-23-20-17-14-11-8-5-2/h22,25-26,29-30,32,73H,4-21,23-24,27-28,31,33-72H2,1-3H3/b25-22-,29-26-,32-30-. The topological polar surface area (TPSA) is 78.9 Å². The molecular formula is C76H142O6. The molecule has 82 heavy (non-hydrogen) atoms. The molecule has 0 bridgehead atoms. The summed E-state index contributed by atoms with van der Waals surface area (Å²) < 4.78 is 17.0. The van der Waals surface area contributed by atoms with Gasteiger partial charge >= 0.3 is 17.9 Å². The molecule has 0 amide bonds. The van der Waals surface area contributed by atoms with E-state index in [0.29, 0.717) is 19.3 Å². The van der Waals surface area contributed by atoms with Crippen LogP contribution >= 0.6 is 0 Å². The zero-order valence-corrected chi connectivity index (χ0v) is 55.5. The van der Waals surface area contributed by atoms with Crippen molar-refractivity contribution in [2.24, 2.45) is 0 Å². The van der Waals surface area contributed by atoms with Crippen LogP contribution in [-0.2, 0) is 28.6 Å². The van der Waals surface area contributed by atoms with E-state index in [9.17, 15) is 14.4 Å². The number of carbonyl (C=O) groups is 3. The summed E-state index contributed by atoms with van der Waals surface area (Å²) in [6.45, 7) is 6.70. The van der Waals surface area contributed by atoms with Gasteiger partial charge in [0.25, 0.3) is 0 Å².